The van der Waals surface area contributed by atoms with Crippen LogP contribution in [0.25, 0.3) is 11.1 Å². The van der Waals surface area contributed by atoms with Gasteiger partial charge in [-0.3, -0.25) is 0 Å². The first-order chi connectivity index (χ1) is 8.81. The van der Waals surface area contributed by atoms with Crippen LogP contribution in [0.2, 0.25) is 0 Å². The Hall–Kier alpha value is -1.64. The van der Waals surface area contributed by atoms with Gasteiger partial charge >= 0.3 is 0 Å². The summed E-state index contributed by atoms with van der Waals surface area (Å²) in [6, 6.07) is 18.7. The number of hydrogen-bond acceptors (Lipinski definition) is 2. The van der Waals surface area contributed by atoms with Gasteiger partial charge in [0.05, 0.1) is 0 Å². The lowest BCUT2D eigenvalue weighted by molar-refractivity contribution is 0.280. The highest BCUT2D eigenvalue weighted by atomic mass is 16.2. The Balaban J connectivity index is 2.10. The highest BCUT2D eigenvalue weighted by Crippen LogP contribution is 2.22. The van der Waals surface area contributed by atoms with E-state index in [0.717, 1.165) is 18.4 Å². The largest absolute Gasteiger partial charge is 0.396 e. The van der Waals surface area contributed by atoms with Crippen molar-refractivity contribution in [1.82, 2.24) is 0 Å². The molecule has 1 unspecified atom stereocenters. The van der Waals surface area contributed by atoms with E-state index in [4.69, 9.17) is 10.8 Å². The quantitative estimate of drug-likeness (QED) is 0.844. The van der Waals surface area contributed by atoms with Crippen LogP contribution in [-0.4, -0.2) is 11.7 Å². The first kappa shape index (κ1) is 12.8. The molecule has 94 valence electrons. The van der Waals surface area contributed by atoms with Crippen LogP contribution in [0, 0.1) is 0 Å². The molecule has 1 atom stereocenters. The zero-order valence-electron chi connectivity index (χ0n) is 10.4. The number of rotatable bonds is 5. The summed E-state index contributed by atoms with van der Waals surface area (Å²) in [7, 11) is 0. The molecule has 3 N–H and O–H groups in total. The molecule has 2 aromatic carbocycles. The molecule has 0 aliphatic heterocycles. The zero-order valence-corrected chi connectivity index (χ0v) is 10.4. The molecule has 0 bridgehead atoms. The molecule has 2 heteroatoms. The molecule has 2 rings (SSSR count). The van der Waals surface area contributed by atoms with E-state index in [1.165, 1.54) is 11.1 Å². The van der Waals surface area contributed by atoms with E-state index in [2.05, 4.69) is 36.4 Å². The van der Waals surface area contributed by atoms with Crippen molar-refractivity contribution in [3.05, 3.63) is 60.2 Å². The highest BCUT2D eigenvalue weighted by molar-refractivity contribution is 5.63. The molecule has 0 amide bonds. The van der Waals surface area contributed by atoms with Crippen LogP contribution in [0.1, 0.15) is 24.4 Å². The van der Waals surface area contributed by atoms with Gasteiger partial charge in [-0.2, -0.15) is 0 Å². The molecule has 0 aliphatic rings. The molecule has 0 heterocycles. The van der Waals surface area contributed by atoms with Gasteiger partial charge < -0.3 is 10.8 Å². The van der Waals surface area contributed by atoms with Crippen LogP contribution >= 0.6 is 0 Å². The highest BCUT2D eigenvalue weighted by Gasteiger charge is 2.05. The number of hydrogen-bond donors (Lipinski definition) is 2. The maximum absolute atomic E-state index is 8.80. The minimum absolute atomic E-state index is 0.0157. The predicted octanol–water partition coefficient (Wildman–Crippen LogP) is 3.13. The molecule has 0 saturated heterocycles. The SMILES string of the molecule is NC(CCCO)c1ccc(-c2ccccc2)cc1. The maximum atomic E-state index is 8.80. The second-order valence-electron chi connectivity index (χ2n) is 4.46. The van der Waals surface area contributed by atoms with Crippen molar-refractivity contribution in [2.45, 2.75) is 18.9 Å². The van der Waals surface area contributed by atoms with Crippen molar-refractivity contribution in [3.8, 4) is 11.1 Å². The molecule has 2 aromatic rings. The van der Waals surface area contributed by atoms with Crippen molar-refractivity contribution < 1.29 is 5.11 Å². The van der Waals surface area contributed by atoms with Gasteiger partial charge in [0.15, 0.2) is 0 Å². The molecule has 0 spiro atoms. The Morgan fingerprint density at radius 1 is 0.889 bits per heavy atom. The average molecular weight is 241 g/mol. The minimum atomic E-state index is 0.0157. The molecule has 0 aliphatic carbocycles. The fourth-order valence-corrected chi connectivity index (χ4v) is 2.03. The van der Waals surface area contributed by atoms with E-state index in [0.29, 0.717) is 0 Å². The van der Waals surface area contributed by atoms with Gasteiger partial charge in [-0.1, -0.05) is 54.6 Å². The van der Waals surface area contributed by atoms with Gasteiger partial charge in [-0.15, -0.1) is 0 Å². The van der Waals surface area contributed by atoms with Gasteiger partial charge in [0.2, 0.25) is 0 Å². The third-order valence-electron chi connectivity index (χ3n) is 3.12. The summed E-state index contributed by atoms with van der Waals surface area (Å²) in [5.41, 5.74) is 9.60. The molecule has 0 fully saturated rings. The number of benzene rings is 2. The average Bonchev–Trinajstić information content (AvgIpc) is 2.46. The summed E-state index contributed by atoms with van der Waals surface area (Å²) >= 11 is 0. The fourth-order valence-electron chi connectivity index (χ4n) is 2.03. The standard InChI is InChI=1S/C16H19NO/c17-16(7-4-12-18)15-10-8-14(9-11-15)13-5-2-1-3-6-13/h1-3,5-6,8-11,16,18H,4,7,12,17H2. The number of nitrogens with two attached hydrogens (primary N) is 1. The molecule has 18 heavy (non-hydrogen) atoms. The summed E-state index contributed by atoms with van der Waals surface area (Å²) in [6.45, 7) is 0.204. The molecule has 2 nitrogen and oxygen atoms in total. The first-order valence-electron chi connectivity index (χ1n) is 6.33. The van der Waals surface area contributed by atoms with Crippen molar-refractivity contribution in [3.63, 3.8) is 0 Å². The Labute approximate surface area is 108 Å². The van der Waals surface area contributed by atoms with E-state index in [-0.39, 0.29) is 12.6 Å². The normalized spacial score (nSPS) is 12.3. The van der Waals surface area contributed by atoms with Gasteiger partial charge in [0.25, 0.3) is 0 Å². The molecular weight excluding hydrogens is 222 g/mol. The monoisotopic (exact) mass is 241 g/mol. The second kappa shape index (κ2) is 6.34. The summed E-state index contributed by atoms with van der Waals surface area (Å²) in [6.07, 6.45) is 1.57. The summed E-state index contributed by atoms with van der Waals surface area (Å²) in [5.74, 6) is 0. The van der Waals surface area contributed by atoms with Gasteiger partial charge in [0.1, 0.15) is 0 Å². The summed E-state index contributed by atoms with van der Waals surface area (Å²) in [4.78, 5) is 0. The van der Waals surface area contributed by atoms with E-state index < -0.39 is 0 Å². The van der Waals surface area contributed by atoms with E-state index in [9.17, 15) is 0 Å². The van der Waals surface area contributed by atoms with Crippen molar-refractivity contribution in [2.75, 3.05) is 6.61 Å². The smallest absolute Gasteiger partial charge is 0.0431 e. The lowest BCUT2D eigenvalue weighted by atomic mass is 9.99. The van der Waals surface area contributed by atoms with Crippen LogP contribution in [0.5, 0.6) is 0 Å². The van der Waals surface area contributed by atoms with Gasteiger partial charge in [-0.25, -0.2) is 0 Å². The Morgan fingerprint density at radius 2 is 1.50 bits per heavy atom. The van der Waals surface area contributed by atoms with E-state index in [1.54, 1.807) is 0 Å². The lowest BCUT2D eigenvalue weighted by Crippen LogP contribution is -2.10. The summed E-state index contributed by atoms with van der Waals surface area (Å²) < 4.78 is 0. The second-order valence-corrected chi connectivity index (χ2v) is 4.46. The zero-order chi connectivity index (χ0) is 12.8. The molecule has 0 radical (unpaired) electrons. The van der Waals surface area contributed by atoms with Crippen LogP contribution in [0.3, 0.4) is 0 Å². The van der Waals surface area contributed by atoms with Crippen molar-refractivity contribution >= 4 is 0 Å². The van der Waals surface area contributed by atoms with Crippen LogP contribution in [0.15, 0.2) is 54.6 Å². The first-order valence-corrected chi connectivity index (χ1v) is 6.33. The molecule has 0 aromatic heterocycles. The predicted molar refractivity (Wildman–Crippen MR) is 75.1 cm³/mol. The Bertz CT molecular complexity index is 464. The van der Waals surface area contributed by atoms with Crippen LogP contribution < -0.4 is 5.73 Å². The van der Waals surface area contributed by atoms with Crippen molar-refractivity contribution in [1.29, 1.82) is 0 Å². The summed E-state index contributed by atoms with van der Waals surface area (Å²) in [5, 5.41) is 8.80. The fraction of sp³-hybridized carbons (Fsp3) is 0.250. The topological polar surface area (TPSA) is 46.2 Å². The minimum Gasteiger partial charge on any atom is -0.396 e. The molecule has 0 saturated carbocycles. The van der Waals surface area contributed by atoms with E-state index in [1.807, 2.05) is 18.2 Å². The van der Waals surface area contributed by atoms with Gasteiger partial charge in [-0.05, 0) is 29.5 Å². The third kappa shape index (κ3) is 3.19. The lowest BCUT2D eigenvalue weighted by Gasteiger charge is -2.12. The van der Waals surface area contributed by atoms with Crippen LogP contribution in [0.4, 0.5) is 0 Å². The third-order valence-corrected chi connectivity index (χ3v) is 3.12. The number of aliphatic hydroxyl groups is 1. The maximum Gasteiger partial charge on any atom is 0.0431 e. The Kier molecular flexibility index (Phi) is 4.51. The van der Waals surface area contributed by atoms with E-state index >= 15 is 0 Å². The van der Waals surface area contributed by atoms with Crippen LogP contribution in [-0.2, 0) is 0 Å². The molecular formula is C16H19NO. The van der Waals surface area contributed by atoms with Gasteiger partial charge in [0, 0.05) is 12.6 Å². The Morgan fingerprint density at radius 3 is 2.11 bits per heavy atom. The number of aliphatic hydroxyl groups excluding tert-OH is 1. The van der Waals surface area contributed by atoms with Crippen molar-refractivity contribution in [2.24, 2.45) is 5.73 Å².